The topological polar surface area (TPSA) is 50.2 Å². The Bertz CT molecular complexity index is 543. The molecule has 2 atom stereocenters. The summed E-state index contributed by atoms with van der Waals surface area (Å²) >= 11 is 6.35. The summed E-state index contributed by atoms with van der Waals surface area (Å²) in [6.45, 7) is 9.95. The number of halogens is 1. The molecule has 1 aliphatic heterocycles. The van der Waals surface area contributed by atoms with Gasteiger partial charge >= 0.3 is 0 Å². The summed E-state index contributed by atoms with van der Waals surface area (Å²) < 4.78 is 1.44. The molecule has 2 unspecified atom stereocenters. The minimum Gasteiger partial charge on any atom is -0.363 e. The van der Waals surface area contributed by atoms with Gasteiger partial charge < -0.3 is 10.2 Å². The molecular weight excluding hydrogens is 288 g/mol. The van der Waals surface area contributed by atoms with Gasteiger partial charge in [-0.2, -0.15) is 5.10 Å². The summed E-state index contributed by atoms with van der Waals surface area (Å²) in [5.74, 6) is 0. The molecule has 118 valence electrons. The van der Waals surface area contributed by atoms with Crippen LogP contribution < -0.4 is 15.8 Å². The molecule has 0 aliphatic carbocycles. The highest BCUT2D eigenvalue weighted by Gasteiger charge is 2.28. The Morgan fingerprint density at radius 2 is 2.14 bits per heavy atom. The van der Waals surface area contributed by atoms with E-state index >= 15 is 0 Å². The van der Waals surface area contributed by atoms with Crippen LogP contribution in [0.25, 0.3) is 0 Å². The highest BCUT2D eigenvalue weighted by atomic mass is 35.5. The maximum atomic E-state index is 12.3. The quantitative estimate of drug-likeness (QED) is 0.928. The highest BCUT2D eigenvalue weighted by Crippen LogP contribution is 2.26. The molecule has 0 aromatic carbocycles. The first kappa shape index (κ1) is 16.3. The fourth-order valence-electron chi connectivity index (χ4n) is 2.80. The van der Waals surface area contributed by atoms with Crippen molar-refractivity contribution in [2.24, 2.45) is 0 Å². The van der Waals surface area contributed by atoms with Gasteiger partial charge in [0, 0.05) is 25.2 Å². The summed E-state index contributed by atoms with van der Waals surface area (Å²) in [6.07, 6.45) is 3.80. The average molecular weight is 313 g/mol. The Labute approximate surface area is 131 Å². The first-order chi connectivity index (χ1) is 9.99. The standard InChI is InChI=1S/C15H25ClN4O/c1-5-11-9-19(12(6-2)7-17-11)13-8-18-20(10(3)4)15(21)14(13)16/h8,10-12,17H,5-7,9H2,1-4H3. The van der Waals surface area contributed by atoms with Crippen LogP contribution in [0.4, 0.5) is 5.69 Å². The number of piperazine rings is 1. The lowest BCUT2D eigenvalue weighted by Gasteiger charge is -2.41. The molecule has 6 heteroatoms. The van der Waals surface area contributed by atoms with Crippen LogP contribution in [0.3, 0.4) is 0 Å². The van der Waals surface area contributed by atoms with Gasteiger partial charge in [0.05, 0.1) is 17.9 Å². The van der Waals surface area contributed by atoms with Crippen molar-refractivity contribution in [3.63, 3.8) is 0 Å². The Hall–Kier alpha value is -1.07. The third-order valence-corrected chi connectivity index (χ3v) is 4.54. The Morgan fingerprint density at radius 1 is 1.43 bits per heavy atom. The Kier molecular flexibility index (Phi) is 5.27. The van der Waals surface area contributed by atoms with Gasteiger partial charge in [0.2, 0.25) is 0 Å². The van der Waals surface area contributed by atoms with Crippen molar-refractivity contribution in [2.75, 3.05) is 18.0 Å². The maximum Gasteiger partial charge on any atom is 0.287 e. The third kappa shape index (κ3) is 3.24. The number of aromatic nitrogens is 2. The van der Waals surface area contributed by atoms with Crippen molar-refractivity contribution in [2.45, 2.75) is 58.7 Å². The van der Waals surface area contributed by atoms with Crippen molar-refractivity contribution in [1.82, 2.24) is 15.1 Å². The second kappa shape index (κ2) is 6.79. The molecule has 1 N–H and O–H groups in total. The molecule has 0 bridgehead atoms. The van der Waals surface area contributed by atoms with E-state index in [0.717, 1.165) is 31.6 Å². The van der Waals surface area contributed by atoms with Gasteiger partial charge in [0.1, 0.15) is 5.02 Å². The molecule has 2 rings (SSSR count). The maximum absolute atomic E-state index is 12.3. The van der Waals surface area contributed by atoms with Crippen LogP contribution in [-0.2, 0) is 0 Å². The van der Waals surface area contributed by atoms with Crippen molar-refractivity contribution in [3.05, 3.63) is 21.6 Å². The summed E-state index contributed by atoms with van der Waals surface area (Å²) in [5, 5.41) is 8.12. The number of hydrogen-bond acceptors (Lipinski definition) is 4. The van der Waals surface area contributed by atoms with E-state index < -0.39 is 0 Å². The lowest BCUT2D eigenvalue weighted by molar-refractivity contribution is 0.377. The number of anilines is 1. The molecule has 1 aromatic heterocycles. The molecule has 0 saturated carbocycles. The van der Waals surface area contributed by atoms with E-state index in [4.69, 9.17) is 11.6 Å². The fourth-order valence-corrected chi connectivity index (χ4v) is 3.05. The van der Waals surface area contributed by atoms with Crippen LogP contribution in [0.15, 0.2) is 11.0 Å². The van der Waals surface area contributed by atoms with Crippen LogP contribution in [0.1, 0.15) is 46.6 Å². The Morgan fingerprint density at radius 3 is 2.71 bits per heavy atom. The number of nitrogens with one attached hydrogen (secondary N) is 1. The van der Waals surface area contributed by atoms with Crippen molar-refractivity contribution in [1.29, 1.82) is 0 Å². The Balaban J connectivity index is 2.39. The third-order valence-electron chi connectivity index (χ3n) is 4.19. The summed E-state index contributed by atoms with van der Waals surface area (Å²) in [6, 6.07) is 0.787. The minimum absolute atomic E-state index is 0.0115. The van der Waals surface area contributed by atoms with E-state index in [-0.39, 0.29) is 16.6 Å². The predicted octanol–water partition coefficient (Wildman–Crippen LogP) is 2.44. The second-order valence-electron chi connectivity index (χ2n) is 5.92. The smallest absolute Gasteiger partial charge is 0.287 e. The van der Waals surface area contributed by atoms with Crippen molar-refractivity contribution < 1.29 is 0 Å². The zero-order chi connectivity index (χ0) is 15.6. The molecule has 0 radical (unpaired) electrons. The van der Waals surface area contributed by atoms with Gasteiger partial charge in [0.25, 0.3) is 5.56 Å². The van der Waals surface area contributed by atoms with E-state index in [1.54, 1.807) is 6.20 Å². The summed E-state index contributed by atoms with van der Waals surface area (Å²) in [7, 11) is 0. The van der Waals surface area contributed by atoms with Crippen LogP contribution >= 0.6 is 11.6 Å². The van der Waals surface area contributed by atoms with Crippen molar-refractivity contribution >= 4 is 17.3 Å². The van der Waals surface area contributed by atoms with Gasteiger partial charge in [0.15, 0.2) is 0 Å². The molecule has 1 fully saturated rings. The number of nitrogens with zero attached hydrogens (tertiary/aromatic N) is 3. The fraction of sp³-hybridized carbons (Fsp3) is 0.733. The molecule has 0 amide bonds. The van der Waals surface area contributed by atoms with Gasteiger partial charge in [-0.1, -0.05) is 25.4 Å². The number of hydrogen-bond donors (Lipinski definition) is 1. The van der Waals surface area contributed by atoms with E-state index in [9.17, 15) is 4.79 Å². The SMILES string of the molecule is CCC1CN(c2cnn(C(C)C)c(=O)c2Cl)C(CC)CN1. The van der Waals surface area contributed by atoms with E-state index in [1.165, 1.54) is 4.68 Å². The average Bonchev–Trinajstić information content (AvgIpc) is 2.49. The zero-order valence-electron chi connectivity index (χ0n) is 13.3. The summed E-state index contributed by atoms with van der Waals surface area (Å²) in [5.41, 5.74) is 0.566. The second-order valence-corrected chi connectivity index (χ2v) is 6.29. The predicted molar refractivity (Wildman–Crippen MR) is 87.4 cm³/mol. The molecule has 2 heterocycles. The lowest BCUT2D eigenvalue weighted by atomic mass is 10.0. The van der Waals surface area contributed by atoms with E-state index in [0.29, 0.717) is 12.1 Å². The van der Waals surface area contributed by atoms with E-state index in [2.05, 4.69) is 29.2 Å². The van der Waals surface area contributed by atoms with Gasteiger partial charge in [-0.15, -0.1) is 0 Å². The molecule has 0 spiro atoms. The molecule has 1 saturated heterocycles. The molecular formula is C15H25ClN4O. The van der Waals surface area contributed by atoms with Gasteiger partial charge in [-0.3, -0.25) is 4.79 Å². The van der Waals surface area contributed by atoms with E-state index in [1.807, 2.05) is 13.8 Å². The largest absolute Gasteiger partial charge is 0.363 e. The first-order valence-corrected chi connectivity index (χ1v) is 8.14. The van der Waals surface area contributed by atoms with Crippen LogP contribution in [0, 0.1) is 0 Å². The molecule has 5 nitrogen and oxygen atoms in total. The van der Waals surface area contributed by atoms with Crippen LogP contribution in [0.5, 0.6) is 0 Å². The molecule has 21 heavy (non-hydrogen) atoms. The normalized spacial score (nSPS) is 22.9. The van der Waals surface area contributed by atoms with Crippen molar-refractivity contribution in [3.8, 4) is 0 Å². The highest BCUT2D eigenvalue weighted by molar-refractivity contribution is 6.33. The minimum atomic E-state index is -0.203. The van der Waals surface area contributed by atoms with Gasteiger partial charge in [-0.05, 0) is 26.7 Å². The molecule has 1 aliphatic rings. The zero-order valence-corrected chi connectivity index (χ0v) is 14.0. The van der Waals surface area contributed by atoms with Gasteiger partial charge in [-0.25, -0.2) is 4.68 Å². The lowest BCUT2D eigenvalue weighted by Crippen LogP contribution is -2.56. The molecule has 1 aromatic rings. The van der Waals surface area contributed by atoms with Crippen LogP contribution in [0.2, 0.25) is 5.02 Å². The van der Waals surface area contributed by atoms with Crippen LogP contribution in [-0.4, -0.2) is 35.0 Å². The number of rotatable bonds is 4. The monoisotopic (exact) mass is 312 g/mol. The summed E-state index contributed by atoms with van der Waals surface area (Å²) in [4.78, 5) is 14.6. The first-order valence-electron chi connectivity index (χ1n) is 7.76.